The van der Waals surface area contributed by atoms with E-state index in [0.29, 0.717) is 22.0 Å². The first kappa shape index (κ1) is 16.4. The fraction of sp³-hybridized carbons (Fsp3) is 0.533. The maximum atomic E-state index is 12.2. The lowest BCUT2D eigenvalue weighted by atomic mass is 9.98. The van der Waals surface area contributed by atoms with Gasteiger partial charge in [-0.1, -0.05) is 23.2 Å². The van der Waals surface area contributed by atoms with Gasteiger partial charge in [-0.2, -0.15) is 0 Å². The second-order valence-corrected chi connectivity index (χ2v) is 6.30. The van der Waals surface area contributed by atoms with Gasteiger partial charge in [0.05, 0.1) is 16.0 Å². The number of piperidine rings is 1. The molecule has 4 nitrogen and oxygen atoms in total. The minimum Gasteiger partial charge on any atom is -0.508 e. The minimum atomic E-state index is -0.124. The van der Waals surface area contributed by atoms with Gasteiger partial charge in [-0.05, 0) is 44.9 Å². The molecule has 21 heavy (non-hydrogen) atoms. The van der Waals surface area contributed by atoms with Crippen LogP contribution in [0, 0.1) is 5.92 Å². The van der Waals surface area contributed by atoms with Crippen LogP contribution in [0.4, 0.5) is 0 Å². The summed E-state index contributed by atoms with van der Waals surface area (Å²) >= 11 is 12.1. The van der Waals surface area contributed by atoms with Crippen LogP contribution < -0.4 is 10.6 Å². The highest BCUT2D eigenvalue weighted by Gasteiger charge is 2.23. The summed E-state index contributed by atoms with van der Waals surface area (Å²) in [4.78, 5) is 12.2. The van der Waals surface area contributed by atoms with Gasteiger partial charge in [-0.15, -0.1) is 0 Å². The Morgan fingerprint density at radius 2 is 2.29 bits per heavy atom. The predicted octanol–water partition coefficient (Wildman–Crippen LogP) is 2.75. The molecule has 3 N–H and O–H groups in total. The molecule has 0 aliphatic carbocycles. The van der Waals surface area contributed by atoms with E-state index in [0.717, 1.165) is 25.9 Å². The van der Waals surface area contributed by atoms with Gasteiger partial charge in [0.15, 0.2) is 0 Å². The van der Waals surface area contributed by atoms with Crippen molar-refractivity contribution >= 4 is 29.1 Å². The van der Waals surface area contributed by atoms with Gasteiger partial charge in [0.1, 0.15) is 5.75 Å². The van der Waals surface area contributed by atoms with E-state index in [2.05, 4.69) is 10.6 Å². The van der Waals surface area contributed by atoms with Gasteiger partial charge in [0.25, 0.3) is 0 Å². The first-order valence-electron chi connectivity index (χ1n) is 7.16. The van der Waals surface area contributed by atoms with Crippen LogP contribution in [-0.4, -0.2) is 30.1 Å². The van der Waals surface area contributed by atoms with E-state index in [-0.39, 0.29) is 23.6 Å². The van der Waals surface area contributed by atoms with Crippen LogP contribution in [0.5, 0.6) is 5.75 Å². The van der Waals surface area contributed by atoms with E-state index in [1.807, 2.05) is 6.92 Å². The van der Waals surface area contributed by atoms with Crippen LogP contribution in [0.15, 0.2) is 12.1 Å². The summed E-state index contributed by atoms with van der Waals surface area (Å²) in [6.45, 7) is 3.60. The summed E-state index contributed by atoms with van der Waals surface area (Å²) in [5, 5.41) is 16.8. The van der Waals surface area contributed by atoms with Crippen molar-refractivity contribution in [3.63, 3.8) is 0 Å². The number of halogens is 2. The van der Waals surface area contributed by atoms with E-state index in [4.69, 9.17) is 23.2 Å². The van der Waals surface area contributed by atoms with E-state index >= 15 is 0 Å². The number of amides is 1. The minimum absolute atomic E-state index is 0.0182. The molecule has 1 aromatic rings. The van der Waals surface area contributed by atoms with Gasteiger partial charge in [-0.25, -0.2) is 0 Å². The Bertz CT molecular complexity index is 517. The average molecular weight is 331 g/mol. The monoisotopic (exact) mass is 330 g/mol. The number of phenols is 1. The van der Waals surface area contributed by atoms with Crippen molar-refractivity contribution < 1.29 is 9.90 Å². The molecule has 0 unspecified atom stereocenters. The number of carbonyl (C=O) groups excluding carboxylic acids is 1. The predicted molar refractivity (Wildman–Crippen MR) is 85.0 cm³/mol. The van der Waals surface area contributed by atoms with Crippen molar-refractivity contribution in [1.29, 1.82) is 0 Å². The average Bonchev–Trinajstić information content (AvgIpc) is 2.48. The van der Waals surface area contributed by atoms with Crippen molar-refractivity contribution in [3.05, 3.63) is 27.7 Å². The molecule has 1 heterocycles. The molecule has 0 bridgehead atoms. The third-order valence-electron chi connectivity index (χ3n) is 3.74. The Kier molecular flexibility index (Phi) is 5.73. The van der Waals surface area contributed by atoms with Crippen molar-refractivity contribution in [2.75, 3.05) is 13.1 Å². The standard InChI is InChI=1S/C15H20Cl2N2O2/c1-9(19-15(21)10-3-2-6-18-8-10)7-11-13(20)5-4-12(16)14(11)17/h4-5,9-10,18,20H,2-3,6-8H2,1H3,(H,19,21)/t9-,10-/m1/s1. The van der Waals surface area contributed by atoms with Crippen LogP contribution in [0.2, 0.25) is 10.0 Å². The number of rotatable bonds is 4. The summed E-state index contributed by atoms with van der Waals surface area (Å²) < 4.78 is 0. The molecular weight excluding hydrogens is 311 g/mol. The number of phenolic OH excluding ortho intramolecular Hbond substituents is 1. The zero-order valence-electron chi connectivity index (χ0n) is 12.0. The Hall–Kier alpha value is -0.970. The van der Waals surface area contributed by atoms with Crippen LogP contribution in [0.3, 0.4) is 0 Å². The lowest BCUT2D eigenvalue weighted by Crippen LogP contribution is -2.44. The fourth-order valence-electron chi connectivity index (χ4n) is 2.57. The molecule has 0 spiro atoms. The highest BCUT2D eigenvalue weighted by Crippen LogP contribution is 2.33. The number of nitrogens with one attached hydrogen (secondary N) is 2. The molecule has 1 amide bonds. The summed E-state index contributed by atoms with van der Waals surface area (Å²) in [7, 11) is 0. The zero-order valence-corrected chi connectivity index (χ0v) is 13.5. The molecule has 1 aliphatic heterocycles. The van der Waals surface area contributed by atoms with E-state index in [1.165, 1.54) is 6.07 Å². The third-order valence-corrected chi connectivity index (χ3v) is 4.58. The lowest BCUT2D eigenvalue weighted by molar-refractivity contribution is -0.126. The van der Waals surface area contributed by atoms with Crippen LogP contribution in [0.1, 0.15) is 25.3 Å². The molecule has 6 heteroatoms. The summed E-state index contributed by atoms with van der Waals surface area (Å²) in [6.07, 6.45) is 2.37. The second-order valence-electron chi connectivity index (χ2n) is 5.52. The van der Waals surface area contributed by atoms with E-state index < -0.39 is 0 Å². The third kappa shape index (κ3) is 4.25. The highest BCUT2D eigenvalue weighted by molar-refractivity contribution is 6.42. The molecular formula is C15H20Cl2N2O2. The van der Waals surface area contributed by atoms with Gasteiger partial charge in [-0.3, -0.25) is 4.79 Å². The molecule has 1 aromatic carbocycles. The highest BCUT2D eigenvalue weighted by atomic mass is 35.5. The normalized spacial score (nSPS) is 20.0. The first-order valence-corrected chi connectivity index (χ1v) is 7.91. The molecule has 1 aliphatic rings. The number of carbonyl (C=O) groups is 1. The maximum Gasteiger partial charge on any atom is 0.224 e. The van der Waals surface area contributed by atoms with Crippen LogP contribution in [-0.2, 0) is 11.2 Å². The van der Waals surface area contributed by atoms with Crippen molar-refractivity contribution in [1.82, 2.24) is 10.6 Å². The summed E-state index contributed by atoms with van der Waals surface area (Å²) in [6, 6.07) is 2.95. The van der Waals surface area contributed by atoms with E-state index in [9.17, 15) is 9.90 Å². The summed E-state index contributed by atoms with van der Waals surface area (Å²) in [5.41, 5.74) is 0.568. The Labute approximate surface area is 134 Å². The maximum absolute atomic E-state index is 12.2. The molecule has 1 saturated heterocycles. The smallest absolute Gasteiger partial charge is 0.224 e. The molecule has 0 saturated carbocycles. The molecule has 0 aromatic heterocycles. The number of aromatic hydroxyl groups is 1. The molecule has 116 valence electrons. The van der Waals surface area contributed by atoms with E-state index in [1.54, 1.807) is 6.07 Å². The van der Waals surface area contributed by atoms with Crippen molar-refractivity contribution in [2.45, 2.75) is 32.2 Å². The molecule has 0 radical (unpaired) electrons. The largest absolute Gasteiger partial charge is 0.508 e. The molecule has 2 atom stereocenters. The zero-order chi connectivity index (χ0) is 15.4. The Morgan fingerprint density at radius 1 is 1.52 bits per heavy atom. The lowest BCUT2D eigenvalue weighted by Gasteiger charge is -2.24. The van der Waals surface area contributed by atoms with Crippen LogP contribution >= 0.6 is 23.2 Å². The summed E-state index contributed by atoms with van der Waals surface area (Å²) in [5.74, 6) is 0.168. The van der Waals surface area contributed by atoms with Gasteiger partial charge in [0.2, 0.25) is 5.91 Å². The second kappa shape index (κ2) is 7.34. The SMILES string of the molecule is C[C@H](Cc1c(O)ccc(Cl)c1Cl)NC(=O)[C@@H]1CCCNC1. The molecule has 2 rings (SSSR count). The van der Waals surface area contributed by atoms with Crippen molar-refractivity contribution in [2.24, 2.45) is 5.92 Å². The number of hydrogen-bond acceptors (Lipinski definition) is 3. The molecule has 1 fully saturated rings. The van der Waals surface area contributed by atoms with Crippen LogP contribution in [0.25, 0.3) is 0 Å². The number of benzene rings is 1. The Balaban J connectivity index is 1.97. The van der Waals surface area contributed by atoms with Gasteiger partial charge < -0.3 is 15.7 Å². The topological polar surface area (TPSA) is 61.4 Å². The van der Waals surface area contributed by atoms with Gasteiger partial charge >= 0.3 is 0 Å². The fourth-order valence-corrected chi connectivity index (χ4v) is 2.98. The Morgan fingerprint density at radius 3 is 2.95 bits per heavy atom. The van der Waals surface area contributed by atoms with Crippen molar-refractivity contribution in [3.8, 4) is 5.75 Å². The first-order chi connectivity index (χ1) is 9.99. The van der Waals surface area contributed by atoms with Gasteiger partial charge in [0, 0.05) is 18.2 Å². The number of hydrogen-bond donors (Lipinski definition) is 3. The quantitative estimate of drug-likeness (QED) is 0.795.